The minimum atomic E-state index is 0. The number of halogens is 1. The predicted octanol–water partition coefficient (Wildman–Crippen LogP) is 0.610. The molecule has 0 amide bonds. The van der Waals surface area contributed by atoms with Gasteiger partial charge in [0.25, 0.3) is 0 Å². The van der Waals surface area contributed by atoms with E-state index in [2.05, 4.69) is 9.36 Å². The first-order valence-corrected chi connectivity index (χ1v) is 2.59. The Morgan fingerprint density at radius 3 is 2.56 bits per heavy atom. The number of nitrogens with two attached hydrogens (primary N) is 1. The van der Waals surface area contributed by atoms with E-state index in [1.54, 1.807) is 6.07 Å². The summed E-state index contributed by atoms with van der Waals surface area (Å²) in [6, 6.07) is 1.76. The zero-order valence-electron chi connectivity index (χ0n) is 4.24. The Morgan fingerprint density at radius 2 is 2.33 bits per heavy atom. The average Bonchev–Trinajstić information content (AvgIpc) is 2.14. The minimum Gasteiger partial charge on any atom is -0.374 e. The van der Waals surface area contributed by atoms with Crippen molar-refractivity contribution in [2.75, 3.05) is 5.73 Å². The number of aromatic nitrogens is 2. The number of anilines is 1. The fourth-order valence-electron chi connectivity index (χ4n) is 0.281. The lowest BCUT2D eigenvalue weighted by Crippen LogP contribution is -1.81. The summed E-state index contributed by atoms with van der Waals surface area (Å²) in [5.74, 6) is 0.146. The Bertz CT molecular complexity index is 226. The van der Waals surface area contributed by atoms with Crippen LogP contribution in [-0.4, -0.2) is 9.36 Å². The van der Waals surface area contributed by atoms with Gasteiger partial charge in [-0.3, -0.25) is 0 Å². The van der Waals surface area contributed by atoms with Crippen LogP contribution in [0.25, 0.3) is 0 Å². The molecule has 9 heavy (non-hydrogen) atoms. The zero-order chi connectivity index (χ0) is 5.98. The summed E-state index contributed by atoms with van der Waals surface area (Å²) in [7, 11) is 0. The van der Waals surface area contributed by atoms with E-state index >= 15 is 0 Å². The first kappa shape index (κ1) is 8.58. The molecule has 0 unspecified atom stereocenters. The van der Waals surface area contributed by atoms with Crippen molar-refractivity contribution >= 4 is 40.6 Å². The van der Waals surface area contributed by atoms with E-state index in [4.69, 9.17) is 11.0 Å². The van der Waals surface area contributed by atoms with E-state index in [0.717, 1.165) is 11.5 Å². The summed E-state index contributed by atoms with van der Waals surface area (Å²) in [4.78, 5) is 3.55. The van der Waals surface area contributed by atoms with Crippen LogP contribution >= 0.6 is 35.5 Å². The quantitative estimate of drug-likeness (QED) is 0.688. The molecule has 2 N–H and O–H groups in total. The van der Waals surface area contributed by atoms with Crippen LogP contribution in [0.15, 0.2) is 0 Å². The number of nitrogens with zero attached hydrogens (tertiary/aromatic N) is 3. The van der Waals surface area contributed by atoms with E-state index in [1.807, 2.05) is 0 Å². The summed E-state index contributed by atoms with van der Waals surface area (Å²) in [5.41, 5.74) is 5.15. The van der Waals surface area contributed by atoms with Crippen molar-refractivity contribution < 1.29 is 0 Å². The molecule has 0 fully saturated rings. The third-order valence-electron chi connectivity index (χ3n) is 0.542. The van der Waals surface area contributed by atoms with Gasteiger partial charge in [0.2, 0.25) is 11.0 Å². The van der Waals surface area contributed by atoms with Crippen LogP contribution in [0.1, 0.15) is 5.82 Å². The normalized spacial score (nSPS) is 7.44. The Hall–Kier alpha value is -0.420. The fraction of sp³-hybridized carbons (Fsp3) is 0. The van der Waals surface area contributed by atoms with Gasteiger partial charge in [-0.1, -0.05) is 0 Å². The summed E-state index contributed by atoms with van der Waals surface area (Å²) >= 11 is 1.02. The van der Waals surface area contributed by atoms with Crippen molar-refractivity contribution in [1.29, 1.82) is 5.26 Å². The Kier molecular flexibility index (Phi) is 3.41. The third-order valence-corrected chi connectivity index (χ3v) is 1.08. The molecule has 0 aromatic carbocycles. The van der Waals surface area contributed by atoms with Crippen molar-refractivity contribution in [3.63, 3.8) is 0 Å². The summed E-state index contributed by atoms with van der Waals surface area (Å²) in [6.45, 7) is 0. The number of rotatable bonds is 0. The highest BCUT2D eigenvalue weighted by Gasteiger charge is 1.94. The van der Waals surface area contributed by atoms with Crippen LogP contribution < -0.4 is 5.73 Å². The lowest BCUT2D eigenvalue weighted by molar-refractivity contribution is 1.25. The molecule has 0 bridgehead atoms. The van der Waals surface area contributed by atoms with Gasteiger partial charge >= 0.3 is 0 Å². The second kappa shape index (κ2) is 3.58. The Morgan fingerprint density at radius 1 is 1.67 bits per heavy atom. The van der Waals surface area contributed by atoms with Crippen LogP contribution in [0.2, 0.25) is 0 Å². The average molecular weight is 254 g/mol. The van der Waals surface area contributed by atoms with Crippen LogP contribution in [-0.2, 0) is 0 Å². The molecule has 1 aromatic heterocycles. The molecule has 0 saturated heterocycles. The molecule has 0 saturated carbocycles. The summed E-state index contributed by atoms with van der Waals surface area (Å²) in [5, 5.41) is 8.46. The number of hydrogen-bond acceptors (Lipinski definition) is 5. The highest BCUT2D eigenvalue weighted by Crippen LogP contribution is 2.02. The first-order chi connectivity index (χ1) is 3.83. The lowest BCUT2D eigenvalue weighted by atomic mass is 10.7. The second-order valence-electron chi connectivity index (χ2n) is 1.07. The van der Waals surface area contributed by atoms with E-state index in [9.17, 15) is 0 Å². The SMILES string of the molecule is I.N#Cc1nsc(N)n1. The molecule has 0 aliphatic rings. The van der Waals surface area contributed by atoms with Crippen molar-refractivity contribution in [2.45, 2.75) is 0 Å². The van der Waals surface area contributed by atoms with Crippen LogP contribution in [0, 0.1) is 11.3 Å². The van der Waals surface area contributed by atoms with Gasteiger partial charge < -0.3 is 5.73 Å². The van der Waals surface area contributed by atoms with Gasteiger partial charge in [0.15, 0.2) is 0 Å². The highest BCUT2D eigenvalue weighted by atomic mass is 127. The Labute approximate surface area is 72.9 Å². The van der Waals surface area contributed by atoms with Gasteiger partial charge in [-0.15, -0.1) is 24.0 Å². The maximum absolute atomic E-state index is 8.13. The molecule has 0 aliphatic carbocycles. The zero-order valence-corrected chi connectivity index (χ0v) is 7.38. The van der Waals surface area contributed by atoms with E-state index in [0.29, 0.717) is 5.13 Å². The van der Waals surface area contributed by atoms with Gasteiger partial charge in [-0.25, -0.2) is 0 Å². The largest absolute Gasteiger partial charge is 0.374 e. The van der Waals surface area contributed by atoms with Gasteiger partial charge in [0, 0.05) is 11.5 Å². The minimum absolute atomic E-state index is 0. The number of nitrogen functional groups attached to an aromatic ring is 1. The molecule has 0 aliphatic heterocycles. The molecule has 4 nitrogen and oxygen atoms in total. The monoisotopic (exact) mass is 254 g/mol. The molecule has 1 heterocycles. The Balaban J connectivity index is 0.000000640. The van der Waals surface area contributed by atoms with Crippen LogP contribution in [0.3, 0.4) is 0 Å². The van der Waals surface area contributed by atoms with E-state index in [1.165, 1.54) is 0 Å². The van der Waals surface area contributed by atoms with Crippen LogP contribution in [0.5, 0.6) is 0 Å². The van der Waals surface area contributed by atoms with Crippen molar-refractivity contribution in [3.8, 4) is 6.07 Å². The van der Waals surface area contributed by atoms with E-state index < -0.39 is 0 Å². The van der Waals surface area contributed by atoms with Crippen molar-refractivity contribution in [2.24, 2.45) is 0 Å². The predicted molar refractivity (Wildman–Crippen MR) is 44.5 cm³/mol. The second-order valence-corrected chi connectivity index (χ2v) is 1.85. The topological polar surface area (TPSA) is 75.6 Å². The molecule has 1 aromatic rings. The molecular formula is C3H3IN4S. The first-order valence-electron chi connectivity index (χ1n) is 1.82. The van der Waals surface area contributed by atoms with Gasteiger partial charge in [-0.05, 0) is 0 Å². The summed E-state index contributed by atoms with van der Waals surface area (Å²) < 4.78 is 3.58. The molecule has 6 heteroatoms. The molecule has 0 radical (unpaired) electrons. The highest BCUT2D eigenvalue weighted by molar-refractivity contribution is 14.0. The van der Waals surface area contributed by atoms with E-state index in [-0.39, 0.29) is 29.8 Å². The van der Waals surface area contributed by atoms with Gasteiger partial charge in [0.1, 0.15) is 6.07 Å². The molecule has 48 valence electrons. The smallest absolute Gasteiger partial charge is 0.245 e. The standard InChI is InChI=1S/C3H2N4S.HI/c4-1-2-6-3(5)8-7-2;/h(H2,5,6,7);1H. The fourth-order valence-corrected chi connectivity index (χ4v) is 0.670. The maximum atomic E-state index is 8.13. The lowest BCUT2D eigenvalue weighted by Gasteiger charge is -1.67. The van der Waals surface area contributed by atoms with Gasteiger partial charge in [0.05, 0.1) is 0 Å². The number of hydrogen-bond donors (Lipinski definition) is 1. The van der Waals surface area contributed by atoms with Crippen molar-refractivity contribution in [3.05, 3.63) is 5.82 Å². The summed E-state index contributed by atoms with van der Waals surface area (Å²) in [6.07, 6.45) is 0. The van der Waals surface area contributed by atoms with Gasteiger partial charge in [-0.2, -0.15) is 14.6 Å². The van der Waals surface area contributed by atoms with Crippen molar-refractivity contribution in [1.82, 2.24) is 9.36 Å². The molecule has 1 rings (SSSR count). The molecular weight excluding hydrogens is 251 g/mol. The maximum Gasteiger partial charge on any atom is 0.245 e. The molecule has 0 spiro atoms. The number of nitriles is 1. The van der Waals surface area contributed by atoms with Crippen LogP contribution in [0.4, 0.5) is 5.13 Å². The third kappa shape index (κ3) is 2.11. The molecule has 0 atom stereocenters.